The van der Waals surface area contributed by atoms with Gasteiger partial charge in [-0.05, 0) is 56.0 Å². The van der Waals surface area contributed by atoms with Crippen LogP contribution in [0.3, 0.4) is 0 Å². The minimum Gasteiger partial charge on any atom is -0.484 e. The van der Waals surface area contributed by atoms with Crippen molar-refractivity contribution >= 4 is 17.2 Å². The summed E-state index contributed by atoms with van der Waals surface area (Å²) in [6.45, 7) is 4.44. The van der Waals surface area contributed by atoms with Crippen LogP contribution in [0.5, 0.6) is 5.06 Å². The zero-order chi connectivity index (χ0) is 17.3. The fourth-order valence-corrected chi connectivity index (χ4v) is 3.74. The molecule has 1 amide bonds. The Balaban J connectivity index is 1.59. The molecule has 2 unspecified atom stereocenters. The van der Waals surface area contributed by atoms with Crippen LogP contribution in [0.4, 0.5) is 8.78 Å². The average Bonchev–Trinajstić information content (AvgIpc) is 3.19. The Kier molecular flexibility index (Phi) is 4.85. The Bertz CT molecular complexity index is 726. The number of rotatable bonds is 6. The molecule has 1 saturated carbocycles. The minimum absolute atomic E-state index is 0.0801. The first-order chi connectivity index (χ1) is 11.5. The summed E-state index contributed by atoms with van der Waals surface area (Å²) in [5.74, 6) is -1.62. The number of carbonyl (C=O) groups excluding carboxylic acids is 1. The number of hydrogen-bond donors (Lipinski definition) is 1. The van der Waals surface area contributed by atoms with E-state index in [-0.39, 0.29) is 23.8 Å². The fraction of sp³-hybridized carbons (Fsp3) is 0.389. The lowest BCUT2D eigenvalue weighted by Gasteiger charge is -2.12. The van der Waals surface area contributed by atoms with Gasteiger partial charge in [-0.2, -0.15) is 0 Å². The van der Waals surface area contributed by atoms with Crippen LogP contribution in [0.2, 0.25) is 0 Å². The molecule has 0 radical (unpaired) electrons. The van der Waals surface area contributed by atoms with E-state index in [2.05, 4.69) is 5.32 Å². The van der Waals surface area contributed by atoms with Crippen LogP contribution in [0.1, 0.15) is 42.7 Å². The van der Waals surface area contributed by atoms with E-state index in [0.717, 1.165) is 16.0 Å². The number of ether oxygens (including phenoxy) is 1. The molecule has 2 aromatic rings. The number of carbonyl (C=O) groups is 1. The lowest BCUT2D eigenvalue weighted by Crippen LogP contribution is -2.27. The van der Waals surface area contributed by atoms with Crippen molar-refractivity contribution in [2.45, 2.75) is 32.2 Å². The molecule has 0 spiro atoms. The quantitative estimate of drug-likeness (QED) is 0.837. The van der Waals surface area contributed by atoms with E-state index in [1.807, 2.05) is 26.0 Å². The van der Waals surface area contributed by atoms with E-state index in [1.54, 1.807) is 0 Å². The normalized spacial score (nSPS) is 20.5. The Morgan fingerprint density at radius 3 is 2.71 bits per heavy atom. The summed E-state index contributed by atoms with van der Waals surface area (Å²) in [6.07, 6.45) is 0.621. The molecule has 24 heavy (non-hydrogen) atoms. The van der Waals surface area contributed by atoms with Crippen LogP contribution in [0.15, 0.2) is 30.3 Å². The van der Waals surface area contributed by atoms with Gasteiger partial charge in [0.15, 0.2) is 5.06 Å². The predicted octanol–water partition coefficient (Wildman–Crippen LogP) is 4.41. The van der Waals surface area contributed by atoms with Crippen molar-refractivity contribution in [2.75, 3.05) is 6.61 Å². The molecule has 1 aliphatic rings. The number of amides is 1. The first-order valence-electron chi connectivity index (χ1n) is 7.96. The van der Waals surface area contributed by atoms with Crippen LogP contribution < -0.4 is 10.1 Å². The molecule has 3 atom stereocenters. The molecule has 6 heteroatoms. The summed E-state index contributed by atoms with van der Waals surface area (Å²) < 4.78 is 32.0. The van der Waals surface area contributed by atoms with E-state index in [0.29, 0.717) is 18.6 Å². The third-order valence-corrected chi connectivity index (χ3v) is 5.29. The van der Waals surface area contributed by atoms with Gasteiger partial charge in [0, 0.05) is 16.9 Å². The van der Waals surface area contributed by atoms with Crippen LogP contribution >= 0.6 is 11.3 Å². The summed E-state index contributed by atoms with van der Waals surface area (Å²) in [6, 6.07) is 7.16. The highest BCUT2D eigenvalue weighted by molar-refractivity contribution is 7.13. The smallest absolute Gasteiger partial charge is 0.224 e. The van der Waals surface area contributed by atoms with Crippen molar-refractivity contribution in [1.82, 2.24) is 5.32 Å². The number of thiophene rings is 1. The Morgan fingerprint density at radius 1 is 1.33 bits per heavy atom. The van der Waals surface area contributed by atoms with Gasteiger partial charge in [0.2, 0.25) is 5.91 Å². The van der Waals surface area contributed by atoms with Crippen molar-refractivity contribution in [3.8, 4) is 5.06 Å². The first kappa shape index (κ1) is 16.9. The van der Waals surface area contributed by atoms with Gasteiger partial charge in [0.05, 0.1) is 12.6 Å². The predicted molar refractivity (Wildman–Crippen MR) is 89.3 cm³/mol. The highest BCUT2D eigenvalue weighted by Crippen LogP contribution is 2.48. The van der Waals surface area contributed by atoms with E-state index in [1.165, 1.54) is 23.5 Å². The summed E-state index contributed by atoms with van der Waals surface area (Å²) >= 11 is 1.50. The third-order valence-electron chi connectivity index (χ3n) is 4.11. The number of halogens is 2. The second kappa shape index (κ2) is 6.89. The fourth-order valence-electron chi connectivity index (χ4n) is 2.82. The molecule has 0 bridgehead atoms. The lowest BCUT2D eigenvalue weighted by atomic mass is 10.1. The van der Waals surface area contributed by atoms with Gasteiger partial charge in [-0.15, -0.1) is 11.3 Å². The van der Waals surface area contributed by atoms with Gasteiger partial charge in [0.25, 0.3) is 0 Å². The monoisotopic (exact) mass is 351 g/mol. The van der Waals surface area contributed by atoms with Crippen molar-refractivity contribution in [2.24, 2.45) is 5.92 Å². The minimum atomic E-state index is -0.605. The SMILES string of the molecule is CCOc1ccc([C@@H](C)NC(=O)C2CC2c2cc(F)cc(F)c2)s1. The molecule has 3 nitrogen and oxygen atoms in total. The van der Waals surface area contributed by atoms with Gasteiger partial charge in [-0.3, -0.25) is 4.79 Å². The Morgan fingerprint density at radius 2 is 2.04 bits per heavy atom. The van der Waals surface area contributed by atoms with Gasteiger partial charge >= 0.3 is 0 Å². The molecule has 128 valence electrons. The Hall–Kier alpha value is -1.95. The third kappa shape index (κ3) is 3.75. The second-order valence-corrected chi connectivity index (χ2v) is 7.05. The van der Waals surface area contributed by atoms with Gasteiger partial charge in [0.1, 0.15) is 11.6 Å². The van der Waals surface area contributed by atoms with Crippen molar-refractivity contribution in [3.63, 3.8) is 0 Å². The van der Waals surface area contributed by atoms with E-state index >= 15 is 0 Å². The molecule has 1 aliphatic carbocycles. The number of benzene rings is 1. The number of nitrogens with one attached hydrogen (secondary N) is 1. The highest BCUT2D eigenvalue weighted by atomic mass is 32.1. The van der Waals surface area contributed by atoms with Crippen LogP contribution in [-0.2, 0) is 4.79 Å². The first-order valence-corrected chi connectivity index (χ1v) is 8.78. The topological polar surface area (TPSA) is 38.3 Å². The lowest BCUT2D eigenvalue weighted by molar-refractivity contribution is -0.123. The van der Waals surface area contributed by atoms with Crippen LogP contribution in [-0.4, -0.2) is 12.5 Å². The van der Waals surface area contributed by atoms with Gasteiger partial charge in [-0.1, -0.05) is 0 Å². The summed E-state index contributed by atoms with van der Waals surface area (Å²) in [4.78, 5) is 13.4. The standard InChI is InChI=1S/C18H19F2NO2S/c1-3-23-17-5-4-16(24-17)10(2)21-18(22)15-9-14(15)11-6-12(19)8-13(20)7-11/h4-8,10,14-15H,3,9H2,1-2H3,(H,21,22)/t10-,14?,15?/m1/s1. The van der Waals surface area contributed by atoms with Crippen molar-refractivity contribution < 1.29 is 18.3 Å². The molecule has 1 heterocycles. The van der Waals surface area contributed by atoms with Crippen LogP contribution in [0.25, 0.3) is 0 Å². The van der Waals surface area contributed by atoms with E-state index < -0.39 is 11.6 Å². The number of hydrogen-bond acceptors (Lipinski definition) is 3. The molecule has 1 fully saturated rings. The maximum atomic E-state index is 13.3. The second-order valence-electron chi connectivity index (χ2n) is 5.97. The Labute approximate surface area is 143 Å². The molecule has 1 aromatic carbocycles. The zero-order valence-corrected chi connectivity index (χ0v) is 14.3. The van der Waals surface area contributed by atoms with Gasteiger partial charge < -0.3 is 10.1 Å². The van der Waals surface area contributed by atoms with Crippen molar-refractivity contribution in [3.05, 3.63) is 52.4 Å². The highest BCUT2D eigenvalue weighted by Gasteiger charge is 2.44. The molecular weight excluding hydrogens is 332 g/mol. The zero-order valence-electron chi connectivity index (χ0n) is 13.5. The van der Waals surface area contributed by atoms with E-state index in [9.17, 15) is 13.6 Å². The molecule has 1 aromatic heterocycles. The molecule has 1 N–H and O–H groups in total. The summed E-state index contributed by atoms with van der Waals surface area (Å²) in [5.41, 5.74) is 0.551. The van der Waals surface area contributed by atoms with Crippen molar-refractivity contribution in [1.29, 1.82) is 0 Å². The largest absolute Gasteiger partial charge is 0.484 e. The maximum absolute atomic E-state index is 13.3. The average molecular weight is 351 g/mol. The molecule has 3 rings (SSSR count). The van der Waals surface area contributed by atoms with E-state index in [4.69, 9.17) is 4.74 Å². The maximum Gasteiger partial charge on any atom is 0.224 e. The summed E-state index contributed by atoms with van der Waals surface area (Å²) in [5, 5.41) is 3.80. The summed E-state index contributed by atoms with van der Waals surface area (Å²) in [7, 11) is 0. The molecule has 0 saturated heterocycles. The van der Waals surface area contributed by atoms with Gasteiger partial charge in [-0.25, -0.2) is 8.78 Å². The van der Waals surface area contributed by atoms with Crippen LogP contribution in [0, 0.1) is 17.6 Å². The molecule has 0 aliphatic heterocycles. The molecular formula is C18H19F2NO2S.